The summed E-state index contributed by atoms with van der Waals surface area (Å²) in [5.41, 5.74) is 2.60. The Kier molecular flexibility index (Phi) is 6.39. The van der Waals surface area contributed by atoms with Gasteiger partial charge in [0.25, 0.3) is 0 Å². The number of anilines is 1. The van der Waals surface area contributed by atoms with Gasteiger partial charge in [-0.05, 0) is 43.5 Å². The lowest BCUT2D eigenvalue weighted by Gasteiger charge is -2.23. The number of rotatable bonds is 8. The van der Waals surface area contributed by atoms with Crippen molar-refractivity contribution in [2.45, 2.75) is 27.2 Å². The molecule has 0 aromatic heterocycles. The number of nitrogens with zero attached hydrogens (tertiary/aromatic N) is 1. The summed E-state index contributed by atoms with van der Waals surface area (Å²) in [4.78, 5) is 0. The van der Waals surface area contributed by atoms with Crippen molar-refractivity contribution >= 4 is 25.7 Å². The van der Waals surface area contributed by atoms with Crippen LogP contribution in [0.1, 0.15) is 24.5 Å². The van der Waals surface area contributed by atoms with Crippen LogP contribution >= 0.6 is 0 Å². The van der Waals surface area contributed by atoms with Crippen molar-refractivity contribution in [1.29, 1.82) is 0 Å². The van der Waals surface area contributed by atoms with Crippen LogP contribution in [-0.4, -0.2) is 41.9 Å². The molecule has 126 valence electrons. The maximum Gasteiger partial charge on any atom is 0.232 e. The van der Waals surface area contributed by atoms with Crippen LogP contribution in [0.25, 0.3) is 0 Å². The summed E-state index contributed by atoms with van der Waals surface area (Å²) >= 11 is 0. The Morgan fingerprint density at radius 2 is 1.73 bits per heavy atom. The van der Waals surface area contributed by atoms with Gasteiger partial charge in [-0.15, -0.1) is 0 Å². The summed E-state index contributed by atoms with van der Waals surface area (Å²) in [6.07, 6.45) is 1.63. The minimum atomic E-state index is -3.48. The number of sulfonamides is 2. The molecule has 1 aromatic carbocycles. The van der Waals surface area contributed by atoms with Crippen LogP contribution in [0, 0.1) is 13.8 Å². The van der Waals surface area contributed by atoms with Crippen LogP contribution in [0.5, 0.6) is 0 Å². The van der Waals surface area contributed by atoms with E-state index >= 15 is 0 Å². The second-order valence-electron chi connectivity index (χ2n) is 5.32. The zero-order chi connectivity index (χ0) is 17.0. The third kappa shape index (κ3) is 5.58. The summed E-state index contributed by atoms with van der Waals surface area (Å²) in [6, 6.07) is 5.37. The molecule has 22 heavy (non-hydrogen) atoms. The van der Waals surface area contributed by atoms with Crippen molar-refractivity contribution in [1.82, 2.24) is 4.72 Å². The van der Waals surface area contributed by atoms with Crippen molar-refractivity contribution in [2.75, 3.05) is 29.4 Å². The Morgan fingerprint density at radius 3 is 2.23 bits per heavy atom. The highest BCUT2D eigenvalue weighted by molar-refractivity contribution is 7.92. The number of aryl methyl sites for hydroxylation is 2. The molecule has 8 heteroatoms. The van der Waals surface area contributed by atoms with Crippen molar-refractivity contribution in [3.05, 3.63) is 29.3 Å². The Bertz CT molecular complexity index is 712. The normalized spacial score (nSPS) is 12.4. The molecule has 0 saturated heterocycles. The van der Waals surface area contributed by atoms with E-state index in [4.69, 9.17) is 0 Å². The third-order valence-electron chi connectivity index (χ3n) is 3.29. The zero-order valence-corrected chi connectivity index (χ0v) is 15.1. The first kappa shape index (κ1) is 18.9. The smallest absolute Gasteiger partial charge is 0.232 e. The first-order chi connectivity index (χ1) is 10.1. The van der Waals surface area contributed by atoms with Gasteiger partial charge < -0.3 is 0 Å². The summed E-state index contributed by atoms with van der Waals surface area (Å²) < 4.78 is 50.8. The molecule has 0 spiro atoms. The third-order valence-corrected chi connectivity index (χ3v) is 6.07. The van der Waals surface area contributed by atoms with E-state index in [0.29, 0.717) is 12.1 Å². The SMILES string of the molecule is CCCS(=O)(=O)NCCN(c1ccc(C)c(C)c1)S(C)(=O)=O. The lowest BCUT2D eigenvalue weighted by atomic mass is 10.1. The number of hydrogen-bond donors (Lipinski definition) is 1. The van der Waals surface area contributed by atoms with Crippen molar-refractivity contribution < 1.29 is 16.8 Å². The highest BCUT2D eigenvalue weighted by Gasteiger charge is 2.18. The summed E-state index contributed by atoms with van der Waals surface area (Å²) in [5.74, 6) is 0.0372. The largest absolute Gasteiger partial charge is 0.269 e. The van der Waals surface area contributed by atoms with Gasteiger partial charge in [0.05, 0.1) is 17.7 Å². The van der Waals surface area contributed by atoms with Gasteiger partial charge in [0.15, 0.2) is 0 Å². The van der Waals surface area contributed by atoms with E-state index in [1.807, 2.05) is 19.9 Å². The lowest BCUT2D eigenvalue weighted by Crippen LogP contribution is -2.38. The van der Waals surface area contributed by atoms with Crippen LogP contribution < -0.4 is 9.03 Å². The molecule has 0 aliphatic rings. The molecule has 0 aliphatic heterocycles. The van der Waals surface area contributed by atoms with E-state index in [0.717, 1.165) is 17.4 Å². The van der Waals surface area contributed by atoms with Gasteiger partial charge in [0.2, 0.25) is 20.0 Å². The molecule has 0 radical (unpaired) electrons. The molecule has 0 saturated carbocycles. The Labute approximate surface area is 133 Å². The molecule has 1 aromatic rings. The van der Waals surface area contributed by atoms with Gasteiger partial charge in [-0.1, -0.05) is 13.0 Å². The minimum absolute atomic E-state index is 0.0372. The first-order valence-corrected chi connectivity index (χ1v) is 10.6. The molecule has 0 atom stereocenters. The molecular weight excluding hydrogens is 324 g/mol. The topological polar surface area (TPSA) is 83.6 Å². The molecular formula is C14H24N2O4S2. The summed E-state index contributed by atoms with van der Waals surface area (Å²) in [5, 5.41) is 0. The molecule has 1 rings (SSSR count). The fourth-order valence-electron chi connectivity index (χ4n) is 2.01. The van der Waals surface area contributed by atoms with Gasteiger partial charge in [0, 0.05) is 13.1 Å². The van der Waals surface area contributed by atoms with Crippen molar-refractivity contribution in [2.24, 2.45) is 0 Å². The predicted molar refractivity (Wildman–Crippen MR) is 90.2 cm³/mol. The van der Waals surface area contributed by atoms with Gasteiger partial charge in [0.1, 0.15) is 0 Å². The summed E-state index contributed by atoms with van der Waals surface area (Å²) in [6.45, 7) is 5.73. The molecule has 0 bridgehead atoms. The molecule has 0 fully saturated rings. The van der Waals surface area contributed by atoms with Crippen molar-refractivity contribution in [3.63, 3.8) is 0 Å². The Hall–Kier alpha value is -1.12. The van der Waals surface area contributed by atoms with Crippen molar-refractivity contribution in [3.8, 4) is 0 Å². The van der Waals surface area contributed by atoms with Gasteiger partial charge in [-0.25, -0.2) is 21.6 Å². The Balaban J connectivity index is 2.90. The number of benzene rings is 1. The van der Waals surface area contributed by atoms with E-state index in [1.165, 1.54) is 4.31 Å². The number of nitrogens with one attached hydrogen (secondary N) is 1. The fraction of sp³-hybridized carbons (Fsp3) is 0.571. The fourth-order valence-corrected chi connectivity index (χ4v) is 4.01. The zero-order valence-electron chi connectivity index (χ0n) is 13.5. The average molecular weight is 348 g/mol. The Morgan fingerprint density at radius 1 is 1.09 bits per heavy atom. The van der Waals surface area contributed by atoms with E-state index in [1.54, 1.807) is 19.1 Å². The van der Waals surface area contributed by atoms with E-state index in [9.17, 15) is 16.8 Å². The molecule has 6 nitrogen and oxygen atoms in total. The van der Waals surface area contributed by atoms with E-state index in [2.05, 4.69) is 4.72 Å². The second kappa shape index (κ2) is 7.43. The average Bonchev–Trinajstić information content (AvgIpc) is 2.36. The van der Waals surface area contributed by atoms with Crippen LogP contribution in [-0.2, 0) is 20.0 Å². The van der Waals surface area contributed by atoms with E-state index in [-0.39, 0.29) is 18.8 Å². The monoisotopic (exact) mass is 348 g/mol. The molecule has 1 N–H and O–H groups in total. The predicted octanol–water partition coefficient (Wildman–Crippen LogP) is 1.40. The quantitative estimate of drug-likeness (QED) is 0.770. The molecule has 0 heterocycles. The summed E-state index contributed by atoms with van der Waals surface area (Å²) in [7, 11) is -6.82. The maximum atomic E-state index is 12.0. The molecule has 0 unspecified atom stereocenters. The highest BCUT2D eigenvalue weighted by atomic mass is 32.2. The van der Waals surface area contributed by atoms with Crippen LogP contribution in [0.15, 0.2) is 18.2 Å². The van der Waals surface area contributed by atoms with Gasteiger partial charge >= 0.3 is 0 Å². The highest BCUT2D eigenvalue weighted by Crippen LogP contribution is 2.20. The van der Waals surface area contributed by atoms with Crippen LogP contribution in [0.3, 0.4) is 0 Å². The standard InChI is InChI=1S/C14H24N2O4S2/c1-5-10-22(19,20)15-8-9-16(21(4,17)18)14-7-6-12(2)13(3)11-14/h6-7,11,15H,5,8-10H2,1-4H3. The second-order valence-corrected chi connectivity index (χ2v) is 9.15. The maximum absolute atomic E-state index is 12.0. The first-order valence-electron chi connectivity index (χ1n) is 7.09. The van der Waals surface area contributed by atoms with Crippen LogP contribution in [0.2, 0.25) is 0 Å². The number of hydrogen-bond acceptors (Lipinski definition) is 4. The lowest BCUT2D eigenvalue weighted by molar-refractivity contribution is 0.577. The van der Waals surface area contributed by atoms with Gasteiger partial charge in [-0.3, -0.25) is 4.31 Å². The minimum Gasteiger partial charge on any atom is -0.269 e. The molecule has 0 aliphatic carbocycles. The van der Waals surface area contributed by atoms with Gasteiger partial charge in [-0.2, -0.15) is 0 Å². The molecule has 0 amide bonds. The van der Waals surface area contributed by atoms with Crippen LogP contribution in [0.4, 0.5) is 5.69 Å². The van der Waals surface area contributed by atoms with E-state index < -0.39 is 20.0 Å².